The fourth-order valence-corrected chi connectivity index (χ4v) is 0.799. The number of aliphatic imine (C=N–C) groups is 1. The second-order valence-electron chi connectivity index (χ2n) is 3.75. The minimum atomic E-state index is 0.131. The molecule has 0 aromatic carbocycles. The molecular formula is C11H19N. The van der Waals surface area contributed by atoms with Gasteiger partial charge in [0.25, 0.3) is 0 Å². The van der Waals surface area contributed by atoms with Crippen LogP contribution in [0.5, 0.6) is 0 Å². The summed E-state index contributed by atoms with van der Waals surface area (Å²) in [5.41, 5.74) is 1.24. The van der Waals surface area contributed by atoms with Crippen molar-refractivity contribution in [3.05, 3.63) is 24.4 Å². The van der Waals surface area contributed by atoms with Crippen LogP contribution in [0.4, 0.5) is 0 Å². The Hall–Kier alpha value is -0.850. The molecule has 0 aromatic heterocycles. The molecule has 0 amide bonds. The molecule has 0 rings (SSSR count). The average molecular weight is 165 g/mol. The van der Waals surface area contributed by atoms with Crippen LogP contribution in [0.15, 0.2) is 29.4 Å². The molecule has 0 aliphatic rings. The molecule has 0 spiro atoms. The third-order valence-corrected chi connectivity index (χ3v) is 1.46. The van der Waals surface area contributed by atoms with Gasteiger partial charge in [0.2, 0.25) is 0 Å². The van der Waals surface area contributed by atoms with Gasteiger partial charge in [0.15, 0.2) is 0 Å². The molecule has 0 bridgehead atoms. The molecule has 0 unspecified atom stereocenters. The fourth-order valence-electron chi connectivity index (χ4n) is 0.799. The highest BCUT2D eigenvalue weighted by atomic mass is 14.7. The van der Waals surface area contributed by atoms with E-state index in [1.807, 2.05) is 32.2 Å². The van der Waals surface area contributed by atoms with Gasteiger partial charge >= 0.3 is 0 Å². The Bertz CT molecular complexity index is 202. The van der Waals surface area contributed by atoms with Crippen LogP contribution in [-0.4, -0.2) is 5.71 Å². The van der Waals surface area contributed by atoms with E-state index in [4.69, 9.17) is 0 Å². The van der Waals surface area contributed by atoms with E-state index in [9.17, 15) is 0 Å². The zero-order chi connectivity index (χ0) is 9.61. The maximum absolute atomic E-state index is 4.35. The fraction of sp³-hybridized carbons (Fsp3) is 0.545. The van der Waals surface area contributed by atoms with Gasteiger partial charge in [0.1, 0.15) is 0 Å². The van der Waals surface area contributed by atoms with Gasteiger partial charge in [-0.1, -0.05) is 32.9 Å². The minimum absolute atomic E-state index is 0.131. The number of hydrogen-bond donors (Lipinski definition) is 0. The SMILES string of the molecule is C\C=C/N=C(\C=C/C)C(C)(C)C. The quantitative estimate of drug-likeness (QED) is 0.554. The van der Waals surface area contributed by atoms with Crippen LogP contribution >= 0.6 is 0 Å². The lowest BCUT2D eigenvalue weighted by molar-refractivity contribution is 0.594. The van der Waals surface area contributed by atoms with E-state index in [1.165, 1.54) is 0 Å². The monoisotopic (exact) mass is 165 g/mol. The Balaban J connectivity index is 4.67. The van der Waals surface area contributed by atoms with Gasteiger partial charge in [-0.2, -0.15) is 0 Å². The van der Waals surface area contributed by atoms with Crippen LogP contribution in [0.3, 0.4) is 0 Å². The summed E-state index contributed by atoms with van der Waals surface area (Å²) in [7, 11) is 0. The normalized spacial score (nSPS) is 14.9. The largest absolute Gasteiger partial charge is 0.261 e. The third-order valence-electron chi connectivity index (χ3n) is 1.46. The van der Waals surface area contributed by atoms with E-state index in [2.05, 4.69) is 31.8 Å². The molecule has 0 aliphatic carbocycles. The molecule has 1 heteroatoms. The molecule has 0 aromatic rings. The molecule has 0 N–H and O–H groups in total. The molecule has 0 saturated heterocycles. The summed E-state index contributed by atoms with van der Waals surface area (Å²) in [6.07, 6.45) is 7.85. The molecule has 68 valence electrons. The summed E-state index contributed by atoms with van der Waals surface area (Å²) >= 11 is 0. The molecular weight excluding hydrogens is 146 g/mol. The van der Waals surface area contributed by atoms with Crippen LogP contribution in [0.1, 0.15) is 34.6 Å². The van der Waals surface area contributed by atoms with Crippen molar-refractivity contribution >= 4 is 5.71 Å². The molecule has 0 aliphatic heterocycles. The van der Waals surface area contributed by atoms with E-state index < -0.39 is 0 Å². The number of allylic oxidation sites excluding steroid dienone is 3. The maximum Gasteiger partial charge on any atom is 0.0453 e. The van der Waals surface area contributed by atoms with Crippen molar-refractivity contribution < 1.29 is 0 Å². The van der Waals surface area contributed by atoms with Gasteiger partial charge in [0.05, 0.1) is 0 Å². The maximum atomic E-state index is 4.35. The Morgan fingerprint density at radius 1 is 1.08 bits per heavy atom. The second kappa shape index (κ2) is 4.91. The second-order valence-corrected chi connectivity index (χ2v) is 3.75. The lowest BCUT2D eigenvalue weighted by Gasteiger charge is -2.17. The summed E-state index contributed by atoms with van der Waals surface area (Å²) in [6, 6.07) is 0. The van der Waals surface area contributed by atoms with Crippen LogP contribution in [0.2, 0.25) is 0 Å². The lowest BCUT2D eigenvalue weighted by atomic mass is 9.89. The van der Waals surface area contributed by atoms with E-state index in [-0.39, 0.29) is 5.41 Å². The van der Waals surface area contributed by atoms with E-state index in [0.717, 1.165) is 5.71 Å². The third kappa shape index (κ3) is 4.12. The number of hydrogen-bond acceptors (Lipinski definition) is 1. The van der Waals surface area contributed by atoms with Gasteiger partial charge in [-0.3, -0.25) is 4.99 Å². The minimum Gasteiger partial charge on any atom is -0.261 e. The Morgan fingerprint density at radius 3 is 2.00 bits per heavy atom. The predicted octanol–water partition coefficient (Wildman–Crippen LogP) is 3.58. The van der Waals surface area contributed by atoms with Gasteiger partial charge in [-0.15, -0.1) is 0 Å². The van der Waals surface area contributed by atoms with Crippen molar-refractivity contribution in [3.63, 3.8) is 0 Å². The van der Waals surface area contributed by atoms with Crippen molar-refractivity contribution in [2.45, 2.75) is 34.6 Å². The van der Waals surface area contributed by atoms with Crippen molar-refractivity contribution in [1.82, 2.24) is 0 Å². The molecule has 0 atom stereocenters. The van der Waals surface area contributed by atoms with Crippen LogP contribution in [0, 0.1) is 5.41 Å². The zero-order valence-electron chi connectivity index (χ0n) is 8.76. The Labute approximate surface area is 75.9 Å². The zero-order valence-corrected chi connectivity index (χ0v) is 8.76. The van der Waals surface area contributed by atoms with Gasteiger partial charge in [-0.25, -0.2) is 0 Å². The van der Waals surface area contributed by atoms with Crippen LogP contribution < -0.4 is 0 Å². The molecule has 0 radical (unpaired) electrons. The first-order chi connectivity index (χ1) is 5.52. The van der Waals surface area contributed by atoms with E-state index >= 15 is 0 Å². The van der Waals surface area contributed by atoms with Crippen molar-refractivity contribution in [2.24, 2.45) is 10.4 Å². The predicted molar refractivity (Wildman–Crippen MR) is 56.5 cm³/mol. The van der Waals surface area contributed by atoms with Gasteiger partial charge in [-0.05, 0) is 19.9 Å². The lowest BCUT2D eigenvalue weighted by Crippen LogP contribution is -2.17. The Morgan fingerprint density at radius 2 is 1.67 bits per heavy atom. The standard InChI is InChI=1S/C11H19N/c1-6-8-10(11(3,4)5)12-9-7-2/h6-9H,1-5H3/b8-6-,9-7-,12-10+. The molecule has 1 nitrogen and oxygen atoms in total. The summed E-state index contributed by atoms with van der Waals surface area (Å²) in [5, 5.41) is 0. The molecule has 0 heterocycles. The highest BCUT2D eigenvalue weighted by molar-refractivity contribution is 5.99. The average Bonchev–Trinajstić information content (AvgIpc) is 1.95. The van der Waals surface area contributed by atoms with Gasteiger partial charge in [0, 0.05) is 17.3 Å². The smallest absolute Gasteiger partial charge is 0.0453 e. The summed E-state index contributed by atoms with van der Waals surface area (Å²) in [5.74, 6) is 0. The highest BCUT2D eigenvalue weighted by Crippen LogP contribution is 2.17. The van der Waals surface area contributed by atoms with E-state index in [0.29, 0.717) is 0 Å². The molecule has 0 fully saturated rings. The molecule has 0 saturated carbocycles. The van der Waals surface area contributed by atoms with Crippen molar-refractivity contribution in [2.75, 3.05) is 0 Å². The first-order valence-electron chi connectivity index (χ1n) is 4.34. The summed E-state index contributed by atoms with van der Waals surface area (Å²) in [6.45, 7) is 10.5. The van der Waals surface area contributed by atoms with E-state index in [1.54, 1.807) is 0 Å². The van der Waals surface area contributed by atoms with Crippen LogP contribution in [-0.2, 0) is 0 Å². The number of rotatable bonds is 2. The summed E-state index contributed by atoms with van der Waals surface area (Å²) < 4.78 is 0. The number of nitrogens with zero attached hydrogens (tertiary/aromatic N) is 1. The van der Waals surface area contributed by atoms with Gasteiger partial charge < -0.3 is 0 Å². The van der Waals surface area contributed by atoms with Crippen molar-refractivity contribution in [1.29, 1.82) is 0 Å². The van der Waals surface area contributed by atoms with Crippen molar-refractivity contribution in [3.8, 4) is 0 Å². The first-order valence-corrected chi connectivity index (χ1v) is 4.34. The highest BCUT2D eigenvalue weighted by Gasteiger charge is 2.14. The first kappa shape index (κ1) is 11.2. The Kier molecular flexibility index (Phi) is 4.57. The van der Waals surface area contributed by atoms with Crippen LogP contribution in [0.25, 0.3) is 0 Å². The molecule has 12 heavy (non-hydrogen) atoms. The topological polar surface area (TPSA) is 12.4 Å². The summed E-state index contributed by atoms with van der Waals surface area (Å²) in [4.78, 5) is 4.35.